The predicted molar refractivity (Wildman–Crippen MR) is 115 cm³/mol. The van der Waals surface area contributed by atoms with Crippen LogP contribution in [0.15, 0.2) is 36.7 Å². The average molecular weight is 393 g/mol. The fourth-order valence-electron chi connectivity index (χ4n) is 3.90. The summed E-state index contributed by atoms with van der Waals surface area (Å²) in [6, 6.07) is 9.55. The van der Waals surface area contributed by atoms with Gasteiger partial charge < -0.3 is 10.2 Å². The molecule has 7 heteroatoms. The highest BCUT2D eigenvalue weighted by molar-refractivity contribution is 5.90. The Bertz CT molecular complexity index is 978. The van der Waals surface area contributed by atoms with Crippen LogP contribution in [-0.4, -0.2) is 45.1 Å². The number of nitrogens with zero attached hydrogens (tertiary/aromatic N) is 5. The van der Waals surface area contributed by atoms with Gasteiger partial charge in [0.1, 0.15) is 18.2 Å². The maximum Gasteiger partial charge on any atom is 0.242 e. The molecule has 4 rings (SSSR count). The lowest BCUT2D eigenvalue weighted by Crippen LogP contribution is -2.32. The Kier molecular flexibility index (Phi) is 5.74. The van der Waals surface area contributed by atoms with Crippen LogP contribution in [0.25, 0.3) is 22.6 Å². The van der Waals surface area contributed by atoms with Gasteiger partial charge in [0.05, 0.1) is 0 Å². The number of rotatable bonds is 6. The molecule has 0 unspecified atom stereocenters. The minimum atomic E-state index is -0.425. The molecule has 0 bridgehead atoms. The van der Waals surface area contributed by atoms with Crippen LogP contribution in [0.1, 0.15) is 45.6 Å². The van der Waals surface area contributed by atoms with Crippen LogP contribution < -0.4 is 10.2 Å². The van der Waals surface area contributed by atoms with E-state index in [1.54, 1.807) is 6.33 Å². The number of aromatic nitrogens is 4. The molecule has 7 nitrogen and oxygen atoms in total. The van der Waals surface area contributed by atoms with E-state index < -0.39 is 6.04 Å². The van der Waals surface area contributed by atoms with Crippen LogP contribution >= 0.6 is 0 Å². The number of benzene rings is 1. The first kappa shape index (κ1) is 19.4. The largest absolute Gasteiger partial charge is 0.355 e. The molecule has 1 aromatic carbocycles. The van der Waals surface area contributed by atoms with Crippen molar-refractivity contribution in [2.45, 2.75) is 45.6 Å². The van der Waals surface area contributed by atoms with E-state index in [0.29, 0.717) is 12.2 Å². The van der Waals surface area contributed by atoms with Gasteiger partial charge in [-0.1, -0.05) is 37.3 Å². The van der Waals surface area contributed by atoms with Crippen molar-refractivity contribution in [1.29, 1.82) is 0 Å². The summed E-state index contributed by atoms with van der Waals surface area (Å²) in [5.41, 5.74) is 2.44. The first-order valence-corrected chi connectivity index (χ1v) is 10.5. The van der Waals surface area contributed by atoms with Crippen molar-refractivity contribution in [3.8, 4) is 11.4 Å². The van der Waals surface area contributed by atoms with Crippen LogP contribution in [0, 0.1) is 0 Å². The highest BCUT2D eigenvalue weighted by Gasteiger charge is 2.26. The molecule has 1 saturated heterocycles. The molecule has 152 valence electrons. The standard InChI is InChI=1S/C22H28N6O/c1-3-12-23-22(29)16(2)28-19(17-10-6-4-7-11-17)26-18-20(24-15-25-21(18)28)27-13-8-5-9-14-27/h4,6-7,10-11,15-16H,3,5,8-9,12-14H2,1-2H3,(H,23,29)/t16-/m0/s1. The van der Waals surface area contributed by atoms with E-state index in [1.807, 2.05) is 48.7 Å². The van der Waals surface area contributed by atoms with Gasteiger partial charge in [-0.05, 0) is 32.6 Å². The molecule has 3 aromatic rings. The minimum Gasteiger partial charge on any atom is -0.355 e. The number of hydrogen-bond donors (Lipinski definition) is 1. The monoisotopic (exact) mass is 392 g/mol. The van der Waals surface area contributed by atoms with Crippen molar-refractivity contribution < 1.29 is 4.79 Å². The number of anilines is 1. The molecule has 0 spiro atoms. The molecule has 0 aliphatic carbocycles. The van der Waals surface area contributed by atoms with Gasteiger partial charge in [0.15, 0.2) is 17.0 Å². The third-order valence-corrected chi connectivity index (χ3v) is 5.46. The highest BCUT2D eigenvalue weighted by Crippen LogP contribution is 2.32. The summed E-state index contributed by atoms with van der Waals surface area (Å²) in [5, 5.41) is 3.00. The lowest BCUT2D eigenvalue weighted by molar-refractivity contribution is -0.123. The molecule has 1 fully saturated rings. The quantitative estimate of drug-likeness (QED) is 0.694. The van der Waals surface area contributed by atoms with Crippen LogP contribution in [-0.2, 0) is 4.79 Å². The number of carbonyl (C=O) groups is 1. The molecular formula is C22H28N6O. The fourth-order valence-corrected chi connectivity index (χ4v) is 3.90. The van der Waals surface area contributed by atoms with Gasteiger partial charge >= 0.3 is 0 Å². The van der Waals surface area contributed by atoms with Crippen molar-refractivity contribution >= 4 is 22.9 Å². The van der Waals surface area contributed by atoms with E-state index in [0.717, 1.165) is 55.1 Å². The van der Waals surface area contributed by atoms with E-state index in [-0.39, 0.29) is 5.91 Å². The summed E-state index contributed by atoms with van der Waals surface area (Å²) < 4.78 is 1.95. The maximum atomic E-state index is 12.8. The van der Waals surface area contributed by atoms with Crippen molar-refractivity contribution in [1.82, 2.24) is 24.8 Å². The molecule has 1 N–H and O–H groups in total. The molecule has 1 aliphatic heterocycles. The second kappa shape index (κ2) is 8.59. The highest BCUT2D eigenvalue weighted by atomic mass is 16.2. The molecule has 2 aromatic heterocycles. The second-order valence-electron chi connectivity index (χ2n) is 7.56. The average Bonchev–Trinajstić information content (AvgIpc) is 3.17. The molecule has 1 aliphatic rings. The Morgan fingerprint density at radius 1 is 1.14 bits per heavy atom. The predicted octanol–water partition coefficient (Wildman–Crippen LogP) is 3.57. The van der Waals surface area contributed by atoms with E-state index in [9.17, 15) is 4.79 Å². The van der Waals surface area contributed by atoms with Crippen LogP contribution in [0.3, 0.4) is 0 Å². The summed E-state index contributed by atoms with van der Waals surface area (Å²) in [6.45, 7) is 6.56. The minimum absolute atomic E-state index is 0.0264. The molecule has 3 heterocycles. The van der Waals surface area contributed by atoms with Gasteiger partial charge in [-0.15, -0.1) is 0 Å². The van der Waals surface area contributed by atoms with Gasteiger partial charge in [-0.2, -0.15) is 0 Å². The van der Waals surface area contributed by atoms with E-state index in [1.165, 1.54) is 6.42 Å². The molecule has 1 atom stereocenters. The number of hydrogen-bond acceptors (Lipinski definition) is 5. The molecule has 0 radical (unpaired) electrons. The SMILES string of the molecule is CCCNC(=O)[C@H](C)n1c(-c2ccccc2)nc2c(N3CCCCC3)ncnc21. The Balaban J connectivity index is 1.86. The number of fused-ring (bicyclic) bond motifs is 1. The van der Waals surface area contributed by atoms with Crippen molar-refractivity contribution in [3.05, 3.63) is 36.7 Å². The smallest absolute Gasteiger partial charge is 0.242 e. The first-order valence-electron chi connectivity index (χ1n) is 10.5. The topological polar surface area (TPSA) is 75.9 Å². The Morgan fingerprint density at radius 3 is 2.62 bits per heavy atom. The summed E-state index contributed by atoms with van der Waals surface area (Å²) in [6.07, 6.45) is 6.07. The van der Waals surface area contributed by atoms with E-state index in [2.05, 4.69) is 20.2 Å². The number of amides is 1. The molecule has 1 amide bonds. The second-order valence-corrected chi connectivity index (χ2v) is 7.56. The number of nitrogens with one attached hydrogen (secondary N) is 1. The van der Waals surface area contributed by atoms with Crippen LogP contribution in [0.2, 0.25) is 0 Å². The summed E-state index contributed by atoms with van der Waals surface area (Å²) >= 11 is 0. The third-order valence-electron chi connectivity index (χ3n) is 5.46. The zero-order chi connectivity index (χ0) is 20.2. The summed E-state index contributed by atoms with van der Waals surface area (Å²) in [4.78, 5) is 29.2. The van der Waals surface area contributed by atoms with Crippen LogP contribution in [0.4, 0.5) is 5.82 Å². The third kappa shape index (κ3) is 3.81. The van der Waals surface area contributed by atoms with E-state index in [4.69, 9.17) is 4.98 Å². The van der Waals surface area contributed by atoms with E-state index >= 15 is 0 Å². The zero-order valence-electron chi connectivity index (χ0n) is 17.1. The van der Waals surface area contributed by atoms with Gasteiger partial charge in [0.25, 0.3) is 0 Å². The lowest BCUT2D eigenvalue weighted by Gasteiger charge is -2.27. The summed E-state index contributed by atoms with van der Waals surface area (Å²) in [5.74, 6) is 1.59. The van der Waals surface area contributed by atoms with Crippen molar-refractivity contribution in [3.63, 3.8) is 0 Å². The Labute approximate surface area is 171 Å². The van der Waals surface area contributed by atoms with Crippen molar-refractivity contribution in [2.24, 2.45) is 0 Å². The normalized spacial score (nSPS) is 15.4. The molecular weight excluding hydrogens is 364 g/mol. The maximum absolute atomic E-state index is 12.8. The number of imidazole rings is 1. The van der Waals surface area contributed by atoms with Crippen LogP contribution in [0.5, 0.6) is 0 Å². The number of carbonyl (C=O) groups excluding carboxylic acids is 1. The number of piperidine rings is 1. The van der Waals surface area contributed by atoms with Gasteiger partial charge in [-0.25, -0.2) is 15.0 Å². The molecule has 29 heavy (non-hydrogen) atoms. The fraction of sp³-hybridized carbons (Fsp3) is 0.455. The van der Waals surface area contributed by atoms with Gasteiger partial charge in [0, 0.05) is 25.2 Å². The molecule has 0 saturated carbocycles. The van der Waals surface area contributed by atoms with Crippen molar-refractivity contribution in [2.75, 3.05) is 24.5 Å². The Hall–Kier alpha value is -2.96. The summed E-state index contributed by atoms with van der Waals surface area (Å²) in [7, 11) is 0. The van der Waals surface area contributed by atoms with Gasteiger partial charge in [0.2, 0.25) is 5.91 Å². The lowest BCUT2D eigenvalue weighted by atomic mass is 10.1. The first-order chi connectivity index (χ1) is 14.2. The zero-order valence-corrected chi connectivity index (χ0v) is 17.1. The van der Waals surface area contributed by atoms with Gasteiger partial charge in [-0.3, -0.25) is 9.36 Å². The Morgan fingerprint density at radius 2 is 1.90 bits per heavy atom.